The van der Waals surface area contributed by atoms with Crippen molar-refractivity contribution in [2.24, 2.45) is 5.73 Å². The lowest BCUT2D eigenvalue weighted by molar-refractivity contribution is -0.227. The number of carboxylic acids is 1. The maximum absolute atomic E-state index is 12.4. The van der Waals surface area contributed by atoms with Crippen molar-refractivity contribution < 1.29 is 37.7 Å². The first kappa shape index (κ1) is 14.6. The summed E-state index contributed by atoms with van der Waals surface area (Å²) < 4.78 is 41.3. The molecular weight excluding hydrogens is 235 g/mol. The predicted molar refractivity (Wildman–Crippen MR) is 43.2 cm³/mol. The van der Waals surface area contributed by atoms with Crippen LogP contribution in [0.3, 0.4) is 0 Å². The number of carbonyl (C=O) groups is 2. The van der Waals surface area contributed by atoms with Crippen LogP contribution in [0.15, 0.2) is 0 Å². The zero-order valence-corrected chi connectivity index (χ0v) is 8.11. The maximum atomic E-state index is 12.4. The van der Waals surface area contributed by atoms with Crippen LogP contribution in [0.1, 0.15) is 6.92 Å². The van der Waals surface area contributed by atoms with E-state index in [1.54, 1.807) is 0 Å². The molecule has 0 aromatic rings. The molecule has 2 atom stereocenters. The molecular formula is C7H10F3NO5. The fourth-order valence-electron chi connectivity index (χ4n) is 0.828. The van der Waals surface area contributed by atoms with Gasteiger partial charge in [-0.3, -0.25) is 0 Å². The van der Waals surface area contributed by atoms with E-state index in [9.17, 15) is 22.8 Å². The normalized spacial score (nSPS) is 17.4. The Balaban J connectivity index is 5.37. The van der Waals surface area contributed by atoms with Crippen LogP contribution < -0.4 is 5.73 Å². The third-order valence-corrected chi connectivity index (χ3v) is 1.75. The van der Waals surface area contributed by atoms with Gasteiger partial charge in [0.05, 0.1) is 6.61 Å². The number of aliphatic hydroxyl groups excluding tert-OH is 1. The first-order valence-corrected chi connectivity index (χ1v) is 4.02. The fraction of sp³-hybridized carbons (Fsp3) is 0.714. The van der Waals surface area contributed by atoms with Gasteiger partial charge in [0.15, 0.2) is 6.10 Å². The Hall–Kier alpha value is -1.35. The molecule has 0 saturated carbocycles. The summed E-state index contributed by atoms with van der Waals surface area (Å²) in [6.07, 6.45) is -8.58. The monoisotopic (exact) mass is 245 g/mol. The molecule has 0 rings (SSSR count). The van der Waals surface area contributed by atoms with Crippen molar-refractivity contribution in [2.45, 2.75) is 24.7 Å². The van der Waals surface area contributed by atoms with Crippen LogP contribution in [-0.2, 0) is 14.3 Å². The van der Waals surface area contributed by atoms with Crippen LogP contribution in [-0.4, -0.2) is 46.6 Å². The first-order chi connectivity index (χ1) is 7.09. The summed E-state index contributed by atoms with van der Waals surface area (Å²) in [5.74, 6) is -4.31. The van der Waals surface area contributed by atoms with Crippen molar-refractivity contribution in [3.05, 3.63) is 0 Å². The lowest BCUT2D eigenvalue weighted by Crippen LogP contribution is -2.69. The van der Waals surface area contributed by atoms with Crippen molar-refractivity contribution >= 4 is 11.9 Å². The van der Waals surface area contributed by atoms with Gasteiger partial charge in [-0.05, 0) is 6.92 Å². The number of halogens is 3. The molecule has 0 aliphatic carbocycles. The number of alkyl halides is 3. The topological polar surface area (TPSA) is 110 Å². The second kappa shape index (κ2) is 4.66. The van der Waals surface area contributed by atoms with Crippen LogP contribution in [0.2, 0.25) is 0 Å². The van der Waals surface area contributed by atoms with E-state index in [1.807, 2.05) is 0 Å². The number of rotatable bonds is 4. The number of hydrogen-bond acceptors (Lipinski definition) is 5. The van der Waals surface area contributed by atoms with E-state index >= 15 is 0 Å². The third kappa shape index (κ3) is 2.42. The van der Waals surface area contributed by atoms with Crippen LogP contribution in [0, 0.1) is 0 Å². The molecule has 16 heavy (non-hydrogen) atoms. The molecule has 9 heteroatoms. The Morgan fingerprint density at radius 1 is 1.44 bits per heavy atom. The molecule has 4 N–H and O–H groups in total. The molecule has 94 valence electrons. The zero-order valence-electron chi connectivity index (χ0n) is 8.11. The molecule has 6 nitrogen and oxygen atoms in total. The predicted octanol–water partition coefficient (Wildman–Crippen LogP) is -0.745. The summed E-state index contributed by atoms with van der Waals surface area (Å²) >= 11 is 0. The van der Waals surface area contributed by atoms with Gasteiger partial charge in [-0.1, -0.05) is 0 Å². The van der Waals surface area contributed by atoms with Gasteiger partial charge in [0.1, 0.15) is 0 Å². The van der Waals surface area contributed by atoms with Crippen molar-refractivity contribution in [1.29, 1.82) is 0 Å². The Morgan fingerprint density at radius 3 is 2.12 bits per heavy atom. The second-order valence-electron chi connectivity index (χ2n) is 2.83. The van der Waals surface area contributed by atoms with E-state index in [0.29, 0.717) is 0 Å². The highest BCUT2D eigenvalue weighted by Gasteiger charge is 2.65. The number of nitrogens with two attached hydrogens (primary N) is 1. The quantitative estimate of drug-likeness (QED) is 0.562. The first-order valence-electron chi connectivity index (χ1n) is 4.02. The fourth-order valence-corrected chi connectivity index (χ4v) is 0.828. The molecule has 0 radical (unpaired) electrons. The van der Waals surface area contributed by atoms with E-state index in [4.69, 9.17) is 10.2 Å². The van der Waals surface area contributed by atoms with Gasteiger partial charge in [-0.15, -0.1) is 0 Å². The Morgan fingerprint density at radius 2 is 1.88 bits per heavy atom. The summed E-state index contributed by atoms with van der Waals surface area (Å²) in [7, 11) is 0. The largest absolute Gasteiger partial charge is 0.479 e. The van der Waals surface area contributed by atoms with Gasteiger partial charge in [-0.2, -0.15) is 13.2 Å². The number of aliphatic hydroxyl groups is 1. The van der Waals surface area contributed by atoms with Crippen LogP contribution in [0.5, 0.6) is 0 Å². The van der Waals surface area contributed by atoms with E-state index in [1.165, 1.54) is 6.92 Å². The lowest BCUT2D eigenvalue weighted by Gasteiger charge is -2.31. The standard InChI is InChI=1S/C7H10F3NO5/c1-2-16-5(15)6(11,7(8,9)10)3(12)4(13)14/h3,12H,2,11H2,1H3,(H,13,14)/t3-,6-/m1/s1. The molecule has 0 unspecified atom stereocenters. The van der Waals surface area contributed by atoms with Gasteiger partial charge < -0.3 is 20.7 Å². The van der Waals surface area contributed by atoms with Gasteiger partial charge in [-0.25, -0.2) is 9.59 Å². The third-order valence-electron chi connectivity index (χ3n) is 1.75. The number of esters is 1. The second-order valence-corrected chi connectivity index (χ2v) is 2.83. The van der Waals surface area contributed by atoms with E-state index in [-0.39, 0.29) is 0 Å². The summed E-state index contributed by atoms with van der Waals surface area (Å²) in [6, 6.07) is 0. The van der Waals surface area contributed by atoms with Gasteiger partial charge >= 0.3 is 18.1 Å². The Kier molecular flexibility index (Phi) is 4.27. The van der Waals surface area contributed by atoms with E-state index in [0.717, 1.165) is 0 Å². The summed E-state index contributed by atoms with van der Waals surface area (Å²) in [6.45, 7) is 0.780. The minimum Gasteiger partial charge on any atom is -0.479 e. The van der Waals surface area contributed by atoms with Crippen LogP contribution in [0.4, 0.5) is 13.2 Å². The van der Waals surface area contributed by atoms with Gasteiger partial charge in [0.25, 0.3) is 0 Å². The van der Waals surface area contributed by atoms with Crippen molar-refractivity contribution in [3.8, 4) is 0 Å². The number of aliphatic carboxylic acids is 1. The molecule has 0 aromatic carbocycles. The SMILES string of the molecule is CCOC(=O)[C@](N)([C@H](O)C(=O)O)C(F)(F)F. The maximum Gasteiger partial charge on any atom is 0.420 e. The Labute approximate surface area is 87.8 Å². The Bertz CT molecular complexity index is 292. The molecule has 0 saturated heterocycles. The number of carboxylic acid groups (broad SMARTS) is 1. The lowest BCUT2D eigenvalue weighted by atomic mass is 9.92. The molecule has 0 aliphatic rings. The average molecular weight is 245 g/mol. The molecule has 0 amide bonds. The number of hydrogen-bond donors (Lipinski definition) is 3. The average Bonchev–Trinajstić information content (AvgIpc) is 2.13. The zero-order chi connectivity index (χ0) is 13.1. The highest BCUT2D eigenvalue weighted by atomic mass is 19.4. The minimum atomic E-state index is -5.45. The van der Waals surface area contributed by atoms with Crippen LogP contribution >= 0.6 is 0 Å². The van der Waals surface area contributed by atoms with Crippen LogP contribution in [0.25, 0.3) is 0 Å². The highest BCUT2D eigenvalue weighted by molar-refractivity contribution is 5.90. The molecule has 0 heterocycles. The molecule has 0 bridgehead atoms. The van der Waals surface area contributed by atoms with E-state index in [2.05, 4.69) is 10.5 Å². The number of carbonyl (C=O) groups excluding carboxylic acids is 1. The summed E-state index contributed by atoms with van der Waals surface area (Å²) in [4.78, 5) is 21.2. The van der Waals surface area contributed by atoms with Crippen molar-refractivity contribution in [1.82, 2.24) is 0 Å². The summed E-state index contributed by atoms with van der Waals surface area (Å²) in [5.41, 5.74) is 0.641. The summed E-state index contributed by atoms with van der Waals surface area (Å²) in [5, 5.41) is 17.1. The molecule has 0 aliphatic heterocycles. The number of ether oxygens (including phenoxy) is 1. The van der Waals surface area contributed by atoms with Gasteiger partial charge in [0.2, 0.25) is 5.54 Å². The molecule has 0 aromatic heterocycles. The highest BCUT2D eigenvalue weighted by Crippen LogP contribution is 2.32. The van der Waals surface area contributed by atoms with Crippen molar-refractivity contribution in [2.75, 3.05) is 6.61 Å². The van der Waals surface area contributed by atoms with E-state index < -0.39 is 36.4 Å². The molecule has 0 fully saturated rings. The van der Waals surface area contributed by atoms with Gasteiger partial charge in [0, 0.05) is 0 Å². The van der Waals surface area contributed by atoms with Crippen molar-refractivity contribution in [3.63, 3.8) is 0 Å². The smallest absolute Gasteiger partial charge is 0.420 e. The minimum absolute atomic E-state index is 0.430. The molecule has 0 spiro atoms.